The Kier molecular flexibility index (Phi) is 3.05. The molecule has 0 aliphatic heterocycles. The van der Waals surface area contributed by atoms with Gasteiger partial charge < -0.3 is 4.74 Å². The predicted octanol–water partition coefficient (Wildman–Crippen LogP) is 4.15. The van der Waals surface area contributed by atoms with Gasteiger partial charge in [-0.05, 0) is 49.9 Å². The number of fused-ring (bicyclic) bond motifs is 3. The molecule has 0 radical (unpaired) electrons. The number of nitrogens with zero attached hydrogens (tertiary/aromatic N) is 3. The summed E-state index contributed by atoms with van der Waals surface area (Å²) in [7, 11) is 0. The third kappa shape index (κ3) is 2.13. The maximum atomic E-state index is 9.01. The number of aromatic nitrogens is 2. The highest BCUT2D eigenvalue weighted by atomic mass is 32.1. The number of hydrogen-bond acceptors (Lipinski definition) is 5. The van der Waals surface area contributed by atoms with E-state index in [1.54, 1.807) is 23.5 Å². The zero-order valence-electron chi connectivity index (χ0n) is 12.1. The van der Waals surface area contributed by atoms with Crippen molar-refractivity contribution in [3.05, 3.63) is 46.1 Å². The first kappa shape index (κ1) is 13.2. The number of benzene rings is 1. The summed E-state index contributed by atoms with van der Waals surface area (Å²) in [5.74, 6) is 1.95. The summed E-state index contributed by atoms with van der Waals surface area (Å²) >= 11 is 1.75. The molecule has 1 aromatic carbocycles. The summed E-state index contributed by atoms with van der Waals surface area (Å²) in [5.41, 5.74) is 1.92. The lowest BCUT2D eigenvalue weighted by Gasteiger charge is -2.08. The first-order chi connectivity index (χ1) is 10.7. The van der Waals surface area contributed by atoms with Gasteiger partial charge >= 0.3 is 0 Å². The van der Waals surface area contributed by atoms with E-state index in [1.165, 1.54) is 16.9 Å². The van der Waals surface area contributed by atoms with Gasteiger partial charge in [0.15, 0.2) is 0 Å². The average Bonchev–Trinajstić information content (AvgIpc) is 3.07. The number of ether oxygens (including phenoxy) is 1. The Morgan fingerprint density at radius 3 is 3.05 bits per heavy atom. The van der Waals surface area contributed by atoms with Crippen LogP contribution in [0.5, 0.6) is 11.6 Å². The van der Waals surface area contributed by atoms with Gasteiger partial charge in [0.1, 0.15) is 16.4 Å². The highest BCUT2D eigenvalue weighted by molar-refractivity contribution is 7.19. The van der Waals surface area contributed by atoms with Gasteiger partial charge in [0.2, 0.25) is 5.88 Å². The summed E-state index contributed by atoms with van der Waals surface area (Å²) in [6.07, 6.45) is 3.38. The predicted molar refractivity (Wildman–Crippen MR) is 85.4 cm³/mol. The van der Waals surface area contributed by atoms with E-state index < -0.39 is 0 Å². The van der Waals surface area contributed by atoms with Crippen molar-refractivity contribution >= 4 is 21.6 Å². The van der Waals surface area contributed by atoms with Crippen molar-refractivity contribution in [3.8, 4) is 17.7 Å². The van der Waals surface area contributed by atoms with E-state index in [0.29, 0.717) is 23.0 Å². The van der Waals surface area contributed by atoms with Gasteiger partial charge in [0.25, 0.3) is 0 Å². The fourth-order valence-electron chi connectivity index (χ4n) is 2.88. The summed E-state index contributed by atoms with van der Waals surface area (Å²) in [5, 5.41) is 10.1. The first-order valence-corrected chi connectivity index (χ1v) is 8.03. The van der Waals surface area contributed by atoms with Gasteiger partial charge in [0, 0.05) is 4.88 Å². The van der Waals surface area contributed by atoms with Crippen LogP contribution in [0, 0.1) is 18.3 Å². The largest absolute Gasteiger partial charge is 0.438 e. The van der Waals surface area contributed by atoms with Crippen LogP contribution in [-0.4, -0.2) is 9.97 Å². The Balaban J connectivity index is 1.85. The minimum atomic E-state index is 0.579. The Hall–Kier alpha value is -2.45. The Bertz CT molecular complexity index is 924. The molecule has 108 valence electrons. The Morgan fingerprint density at radius 2 is 2.18 bits per heavy atom. The smallest absolute Gasteiger partial charge is 0.231 e. The lowest BCUT2D eigenvalue weighted by molar-refractivity contribution is 0.466. The van der Waals surface area contributed by atoms with Crippen LogP contribution < -0.4 is 4.74 Å². The summed E-state index contributed by atoms with van der Waals surface area (Å²) < 4.78 is 6.00. The Labute approximate surface area is 132 Å². The van der Waals surface area contributed by atoms with Gasteiger partial charge in [-0.15, -0.1) is 11.3 Å². The van der Waals surface area contributed by atoms with Crippen molar-refractivity contribution in [2.75, 3.05) is 0 Å². The van der Waals surface area contributed by atoms with E-state index >= 15 is 0 Å². The quantitative estimate of drug-likeness (QED) is 0.713. The van der Waals surface area contributed by atoms with Crippen LogP contribution in [0.1, 0.15) is 28.2 Å². The molecule has 22 heavy (non-hydrogen) atoms. The zero-order chi connectivity index (χ0) is 15.1. The number of thiophene rings is 1. The van der Waals surface area contributed by atoms with Crippen molar-refractivity contribution in [2.24, 2.45) is 0 Å². The number of aryl methyl sites for hydroxylation is 3. The topological polar surface area (TPSA) is 58.8 Å². The van der Waals surface area contributed by atoms with Crippen LogP contribution in [-0.2, 0) is 12.8 Å². The van der Waals surface area contributed by atoms with Crippen molar-refractivity contribution < 1.29 is 4.74 Å². The van der Waals surface area contributed by atoms with Gasteiger partial charge in [-0.3, -0.25) is 0 Å². The third-order valence-electron chi connectivity index (χ3n) is 3.82. The maximum Gasteiger partial charge on any atom is 0.231 e. The van der Waals surface area contributed by atoms with Crippen LogP contribution in [0.25, 0.3) is 10.2 Å². The summed E-state index contributed by atoms with van der Waals surface area (Å²) in [6, 6.07) is 9.28. The average molecular weight is 307 g/mol. The number of hydrogen-bond donors (Lipinski definition) is 0. The summed E-state index contributed by atoms with van der Waals surface area (Å²) in [6.45, 7) is 1.88. The first-order valence-electron chi connectivity index (χ1n) is 7.21. The lowest BCUT2D eigenvalue weighted by Crippen LogP contribution is -1.95. The second kappa shape index (κ2) is 5.08. The molecule has 0 saturated heterocycles. The van der Waals surface area contributed by atoms with Gasteiger partial charge in [-0.2, -0.15) is 10.2 Å². The molecule has 1 aliphatic carbocycles. The summed E-state index contributed by atoms with van der Waals surface area (Å²) in [4.78, 5) is 11.5. The minimum Gasteiger partial charge on any atom is -0.438 e. The van der Waals surface area contributed by atoms with E-state index in [-0.39, 0.29) is 0 Å². The normalized spacial score (nSPS) is 13.1. The number of rotatable bonds is 2. The third-order valence-corrected chi connectivity index (χ3v) is 5.01. The molecule has 0 spiro atoms. The lowest BCUT2D eigenvalue weighted by atomic mass is 10.2. The van der Waals surface area contributed by atoms with E-state index in [1.807, 2.05) is 19.1 Å². The fourth-order valence-corrected chi connectivity index (χ4v) is 4.18. The fraction of sp³-hybridized carbons (Fsp3) is 0.235. The van der Waals surface area contributed by atoms with Crippen LogP contribution in [0.15, 0.2) is 24.3 Å². The molecule has 4 nitrogen and oxygen atoms in total. The monoisotopic (exact) mass is 307 g/mol. The molecule has 5 heteroatoms. The molecule has 0 N–H and O–H groups in total. The molecular formula is C17H13N3OS. The zero-order valence-corrected chi connectivity index (χ0v) is 12.9. The SMILES string of the molecule is Cc1nc(Oc2cccc(C#N)c2)c2c3c(sc2n1)CCC3. The van der Waals surface area contributed by atoms with Crippen molar-refractivity contribution in [2.45, 2.75) is 26.2 Å². The molecule has 0 fully saturated rings. The highest BCUT2D eigenvalue weighted by Crippen LogP contribution is 2.41. The van der Waals surface area contributed by atoms with Crippen molar-refractivity contribution in [3.63, 3.8) is 0 Å². The molecule has 0 atom stereocenters. The standard InChI is InChI=1S/C17H13N3OS/c1-10-19-16(21-12-5-2-4-11(8-12)9-18)15-13-6-3-7-14(13)22-17(15)20-10/h2,4-5,8H,3,6-7H2,1H3. The molecule has 0 saturated carbocycles. The molecule has 3 aromatic rings. The van der Waals surface area contributed by atoms with Gasteiger partial charge in [0.05, 0.1) is 17.0 Å². The molecule has 2 aromatic heterocycles. The van der Waals surface area contributed by atoms with Crippen LogP contribution in [0.2, 0.25) is 0 Å². The molecule has 4 rings (SSSR count). The molecule has 0 amide bonds. The van der Waals surface area contributed by atoms with E-state index in [0.717, 1.165) is 23.1 Å². The highest BCUT2D eigenvalue weighted by Gasteiger charge is 2.22. The van der Waals surface area contributed by atoms with E-state index in [9.17, 15) is 0 Å². The Morgan fingerprint density at radius 1 is 1.27 bits per heavy atom. The van der Waals surface area contributed by atoms with Crippen molar-refractivity contribution in [1.29, 1.82) is 5.26 Å². The van der Waals surface area contributed by atoms with Gasteiger partial charge in [-0.1, -0.05) is 6.07 Å². The van der Waals surface area contributed by atoms with Crippen LogP contribution in [0.4, 0.5) is 0 Å². The minimum absolute atomic E-state index is 0.579. The van der Waals surface area contributed by atoms with Crippen molar-refractivity contribution in [1.82, 2.24) is 9.97 Å². The molecular weight excluding hydrogens is 294 g/mol. The van der Waals surface area contributed by atoms with E-state index in [2.05, 4.69) is 16.0 Å². The second-order valence-electron chi connectivity index (χ2n) is 5.36. The van der Waals surface area contributed by atoms with E-state index in [4.69, 9.17) is 10.00 Å². The molecule has 1 aliphatic rings. The van der Waals surface area contributed by atoms with Crippen LogP contribution >= 0.6 is 11.3 Å². The number of nitriles is 1. The maximum absolute atomic E-state index is 9.01. The molecule has 0 bridgehead atoms. The molecule has 2 heterocycles. The van der Waals surface area contributed by atoms with Crippen LogP contribution in [0.3, 0.4) is 0 Å². The second-order valence-corrected chi connectivity index (χ2v) is 6.44. The van der Waals surface area contributed by atoms with Gasteiger partial charge in [-0.25, -0.2) is 4.98 Å². The molecule has 0 unspecified atom stereocenters.